The van der Waals surface area contributed by atoms with Crippen LogP contribution in [0.4, 0.5) is 18.9 Å². The Hall–Kier alpha value is -3.69. The van der Waals surface area contributed by atoms with Crippen molar-refractivity contribution in [2.24, 2.45) is 7.05 Å². The number of carbonyl (C=O) groups is 1. The van der Waals surface area contributed by atoms with E-state index in [0.717, 1.165) is 23.2 Å². The summed E-state index contributed by atoms with van der Waals surface area (Å²) in [6.45, 7) is 0. The van der Waals surface area contributed by atoms with E-state index >= 15 is 0 Å². The number of nitrogens with one attached hydrogen (secondary N) is 1. The summed E-state index contributed by atoms with van der Waals surface area (Å²) in [6, 6.07) is 8.26. The van der Waals surface area contributed by atoms with E-state index in [0.29, 0.717) is 11.2 Å². The molecule has 1 amide bonds. The monoisotopic (exact) mass is 386 g/mol. The molecule has 0 aliphatic rings. The van der Waals surface area contributed by atoms with Crippen LogP contribution < -0.4 is 5.32 Å². The van der Waals surface area contributed by atoms with Crippen molar-refractivity contribution in [2.75, 3.05) is 5.32 Å². The van der Waals surface area contributed by atoms with Gasteiger partial charge in [-0.3, -0.25) is 9.48 Å². The van der Waals surface area contributed by atoms with Gasteiger partial charge in [-0.05, 0) is 30.3 Å². The molecule has 0 saturated heterocycles. The second kappa shape index (κ2) is 6.48. The Kier molecular flexibility index (Phi) is 4.10. The van der Waals surface area contributed by atoms with E-state index in [2.05, 4.69) is 20.5 Å². The Morgan fingerprint density at radius 1 is 1.11 bits per heavy atom. The number of nitrogens with zero attached hydrogens (tertiary/aromatic N) is 5. The second-order valence-corrected chi connectivity index (χ2v) is 6.06. The first-order chi connectivity index (χ1) is 13.3. The van der Waals surface area contributed by atoms with Crippen molar-refractivity contribution in [3.05, 3.63) is 66.4 Å². The van der Waals surface area contributed by atoms with Crippen LogP contribution in [0.3, 0.4) is 0 Å². The molecule has 0 aliphatic heterocycles. The standard InChI is InChI=1S/C18H13F3N6O/c1-26-10-13(9-22-26)27-15-7-12(6-5-11(15)8-23-27)24-17(28)14-3-2-4-16(25-14)18(19,20)21/h2-10H,1H3,(H,24,28). The maximum absolute atomic E-state index is 12.8. The highest BCUT2D eigenvalue weighted by atomic mass is 19.4. The molecule has 0 radical (unpaired) electrons. The number of halogens is 3. The molecular formula is C18H13F3N6O. The van der Waals surface area contributed by atoms with Gasteiger partial charge < -0.3 is 5.32 Å². The molecular weight excluding hydrogens is 373 g/mol. The molecule has 0 unspecified atom stereocenters. The van der Waals surface area contributed by atoms with Crippen LogP contribution >= 0.6 is 0 Å². The molecule has 0 saturated carbocycles. The Morgan fingerprint density at radius 2 is 1.93 bits per heavy atom. The Morgan fingerprint density at radius 3 is 2.64 bits per heavy atom. The number of fused-ring (bicyclic) bond motifs is 1. The number of benzene rings is 1. The molecule has 10 heteroatoms. The van der Waals surface area contributed by atoms with Gasteiger partial charge in [0.1, 0.15) is 17.1 Å². The van der Waals surface area contributed by atoms with Gasteiger partial charge in [0.15, 0.2) is 0 Å². The van der Waals surface area contributed by atoms with Crippen LogP contribution in [0.2, 0.25) is 0 Å². The van der Waals surface area contributed by atoms with Gasteiger partial charge in [-0.15, -0.1) is 0 Å². The molecule has 0 aliphatic carbocycles. The van der Waals surface area contributed by atoms with E-state index in [1.54, 1.807) is 53.2 Å². The van der Waals surface area contributed by atoms with Gasteiger partial charge in [-0.25, -0.2) is 9.67 Å². The minimum Gasteiger partial charge on any atom is -0.321 e. The van der Waals surface area contributed by atoms with Crippen molar-refractivity contribution in [3.8, 4) is 5.69 Å². The van der Waals surface area contributed by atoms with Gasteiger partial charge in [0.05, 0.1) is 24.1 Å². The third-order valence-corrected chi connectivity index (χ3v) is 4.04. The van der Waals surface area contributed by atoms with Crippen LogP contribution in [0, 0.1) is 0 Å². The minimum atomic E-state index is -4.62. The van der Waals surface area contributed by atoms with Crippen molar-refractivity contribution in [3.63, 3.8) is 0 Å². The third kappa shape index (κ3) is 3.31. The molecule has 4 aromatic rings. The summed E-state index contributed by atoms with van der Waals surface area (Å²) in [5.41, 5.74) is 0.409. The van der Waals surface area contributed by atoms with Crippen LogP contribution in [0.5, 0.6) is 0 Å². The number of pyridine rings is 1. The normalized spacial score (nSPS) is 11.7. The SMILES string of the molecule is Cn1cc(-n2ncc3ccc(NC(=O)c4cccc(C(F)(F)F)n4)cc32)cn1. The predicted molar refractivity (Wildman–Crippen MR) is 95.0 cm³/mol. The lowest BCUT2D eigenvalue weighted by Gasteiger charge is -2.09. The molecule has 3 heterocycles. The topological polar surface area (TPSA) is 77.6 Å². The van der Waals surface area contributed by atoms with Gasteiger partial charge in [0, 0.05) is 18.1 Å². The summed E-state index contributed by atoms with van der Waals surface area (Å²) in [5, 5.41) is 11.8. The maximum atomic E-state index is 12.8. The Labute approximate surface area is 156 Å². The van der Waals surface area contributed by atoms with Crippen LogP contribution in [0.15, 0.2) is 55.0 Å². The first-order valence-corrected chi connectivity index (χ1v) is 8.14. The first-order valence-electron chi connectivity index (χ1n) is 8.14. The Bertz CT molecular complexity index is 1180. The van der Waals surface area contributed by atoms with E-state index in [-0.39, 0.29) is 5.69 Å². The number of alkyl halides is 3. The molecule has 0 spiro atoms. The molecule has 1 N–H and O–H groups in total. The van der Waals surface area contributed by atoms with Crippen molar-refractivity contribution in [1.82, 2.24) is 24.5 Å². The number of aryl methyl sites for hydroxylation is 1. The average Bonchev–Trinajstić information content (AvgIpc) is 3.26. The molecule has 142 valence electrons. The number of carbonyl (C=O) groups excluding carboxylic acids is 1. The zero-order valence-corrected chi connectivity index (χ0v) is 14.5. The van der Waals surface area contributed by atoms with Crippen LogP contribution in [0.25, 0.3) is 16.6 Å². The van der Waals surface area contributed by atoms with Crippen molar-refractivity contribution >= 4 is 22.5 Å². The number of amides is 1. The molecule has 7 nitrogen and oxygen atoms in total. The van der Waals surface area contributed by atoms with Crippen molar-refractivity contribution in [2.45, 2.75) is 6.18 Å². The third-order valence-electron chi connectivity index (χ3n) is 4.04. The van der Waals surface area contributed by atoms with Gasteiger partial charge in [-0.2, -0.15) is 23.4 Å². The lowest BCUT2D eigenvalue weighted by molar-refractivity contribution is -0.141. The van der Waals surface area contributed by atoms with E-state index in [1.165, 1.54) is 6.07 Å². The average molecular weight is 386 g/mol. The van der Waals surface area contributed by atoms with E-state index in [9.17, 15) is 18.0 Å². The number of hydrogen-bond donors (Lipinski definition) is 1. The number of hydrogen-bond acceptors (Lipinski definition) is 4. The van der Waals surface area contributed by atoms with Crippen molar-refractivity contribution < 1.29 is 18.0 Å². The molecule has 1 aromatic carbocycles. The molecule has 28 heavy (non-hydrogen) atoms. The highest BCUT2D eigenvalue weighted by Crippen LogP contribution is 2.27. The first kappa shape index (κ1) is 17.7. The fourth-order valence-electron chi connectivity index (χ4n) is 2.73. The van der Waals surface area contributed by atoms with Gasteiger partial charge >= 0.3 is 6.18 Å². The van der Waals surface area contributed by atoms with Gasteiger partial charge in [-0.1, -0.05) is 6.07 Å². The fourth-order valence-corrected chi connectivity index (χ4v) is 2.73. The van der Waals surface area contributed by atoms with Crippen molar-refractivity contribution in [1.29, 1.82) is 0 Å². The quantitative estimate of drug-likeness (QED) is 0.585. The van der Waals surface area contributed by atoms with Gasteiger partial charge in [0.2, 0.25) is 0 Å². The molecule has 0 atom stereocenters. The molecule has 4 rings (SSSR count). The summed E-state index contributed by atoms with van der Waals surface area (Å²) in [5.74, 6) is -0.738. The number of aromatic nitrogens is 5. The summed E-state index contributed by atoms with van der Waals surface area (Å²) in [6.07, 6.45) is 0.474. The Balaban J connectivity index is 1.64. The number of rotatable bonds is 3. The second-order valence-electron chi connectivity index (χ2n) is 6.06. The molecule has 0 bridgehead atoms. The minimum absolute atomic E-state index is 0.323. The lowest BCUT2D eigenvalue weighted by atomic mass is 10.2. The molecule has 3 aromatic heterocycles. The van der Waals surface area contributed by atoms with E-state index in [1.807, 2.05) is 0 Å². The summed E-state index contributed by atoms with van der Waals surface area (Å²) in [4.78, 5) is 15.7. The lowest BCUT2D eigenvalue weighted by Crippen LogP contribution is -2.17. The summed E-state index contributed by atoms with van der Waals surface area (Å²) in [7, 11) is 1.78. The molecule has 0 fully saturated rings. The van der Waals surface area contributed by atoms with Gasteiger partial charge in [0.25, 0.3) is 5.91 Å². The summed E-state index contributed by atoms with van der Waals surface area (Å²) >= 11 is 0. The highest BCUT2D eigenvalue weighted by molar-refractivity contribution is 6.03. The van der Waals surface area contributed by atoms with E-state index < -0.39 is 17.8 Å². The van der Waals surface area contributed by atoms with E-state index in [4.69, 9.17) is 0 Å². The largest absolute Gasteiger partial charge is 0.433 e. The van der Waals surface area contributed by atoms with Crippen LogP contribution in [-0.2, 0) is 13.2 Å². The predicted octanol–water partition coefficient (Wildman–Crippen LogP) is 3.43. The maximum Gasteiger partial charge on any atom is 0.433 e. The van der Waals surface area contributed by atoms with Crippen LogP contribution in [0.1, 0.15) is 16.2 Å². The zero-order chi connectivity index (χ0) is 19.9. The smallest absolute Gasteiger partial charge is 0.321 e. The number of anilines is 1. The zero-order valence-electron chi connectivity index (χ0n) is 14.5. The summed E-state index contributed by atoms with van der Waals surface area (Å²) < 4.78 is 41.7. The fraction of sp³-hybridized carbons (Fsp3) is 0.111. The van der Waals surface area contributed by atoms with Crippen LogP contribution in [-0.4, -0.2) is 30.5 Å². The highest BCUT2D eigenvalue weighted by Gasteiger charge is 2.32.